The van der Waals surface area contributed by atoms with Gasteiger partial charge in [0.25, 0.3) is 0 Å². The fraction of sp³-hybridized carbons (Fsp3) is 0.167. The van der Waals surface area contributed by atoms with Crippen molar-refractivity contribution in [1.29, 1.82) is 0 Å². The molecule has 0 saturated carbocycles. The maximum absolute atomic E-state index is 5.69. The third-order valence-electron chi connectivity index (χ3n) is 4.45. The van der Waals surface area contributed by atoms with Gasteiger partial charge in [-0.1, -0.05) is 0 Å². The van der Waals surface area contributed by atoms with Crippen LogP contribution in [0.1, 0.15) is 22.3 Å². The molecule has 0 aliphatic heterocycles. The van der Waals surface area contributed by atoms with Crippen molar-refractivity contribution in [2.75, 3.05) is 11.9 Å². The number of benzene rings is 3. The summed E-state index contributed by atoms with van der Waals surface area (Å²) in [4.78, 5) is 6.89. The predicted octanol–water partition coefficient (Wildman–Crippen LogP) is 4.81. The fourth-order valence-corrected chi connectivity index (χ4v) is 5.54. The summed E-state index contributed by atoms with van der Waals surface area (Å²) >= 11 is 5.75. The Morgan fingerprint density at radius 2 is 1.39 bits per heavy atom. The summed E-state index contributed by atoms with van der Waals surface area (Å²) in [7, 11) is 1.97. The molecule has 4 heteroatoms. The van der Waals surface area contributed by atoms with Crippen LogP contribution in [-0.2, 0) is 0 Å². The average molecular weight is 451 g/mol. The Balaban J connectivity index is 1.99. The summed E-state index contributed by atoms with van der Waals surface area (Å²) in [5.41, 5.74) is 6.11. The first-order valence-electron chi connectivity index (χ1n) is 9.18. The summed E-state index contributed by atoms with van der Waals surface area (Å²) in [6.45, 7) is 6.52. The van der Waals surface area contributed by atoms with Crippen molar-refractivity contribution in [3.05, 3.63) is 95.1 Å². The van der Waals surface area contributed by atoms with E-state index in [1.165, 1.54) is 21.2 Å². The first-order valence-corrected chi connectivity index (χ1v) is 11.3. The van der Waals surface area contributed by atoms with Crippen LogP contribution in [0.25, 0.3) is 0 Å². The van der Waals surface area contributed by atoms with E-state index >= 15 is 0 Å². The first-order chi connectivity index (χ1) is 13.5. The van der Waals surface area contributed by atoms with Crippen LogP contribution in [0.15, 0.2) is 77.8 Å². The zero-order valence-electron chi connectivity index (χ0n) is 16.6. The van der Waals surface area contributed by atoms with E-state index in [9.17, 15) is 0 Å². The van der Waals surface area contributed by atoms with E-state index in [1.54, 1.807) is 0 Å². The predicted molar refractivity (Wildman–Crippen MR) is 126 cm³/mol. The van der Waals surface area contributed by atoms with Gasteiger partial charge < -0.3 is 0 Å². The second-order valence-electron chi connectivity index (χ2n) is 6.79. The number of thiocarbonyl (C=S) groups is 1. The summed E-state index contributed by atoms with van der Waals surface area (Å²) < 4.78 is 2.43. The molecule has 3 rings (SSSR count). The summed E-state index contributed by atoms with van der Waals surface area (Å²) in [5.74, 6) is 0. The molecule has 0 spiro atoms. The van der Waals surface area contributed by atoms with Gasteiger partial charge in [0.2, 0.25) is 0 Å². The number of aliphatic imine (C=N–C) groups is 1. The Morgan fingerprint density at radius 1 is 0.857 bits per heavy atom. The van der Waals surface area contributed by atoms with Gasteiger partial charge in [-0.25, -0.2) is 0 Å². The summed E-state index contributed by atoms with van der Waals surface area (Å²) in [6.07, 6.45) is 0. The average Bonchev–Trinajstić information content (AvgIpc) is 2.70. The van der Waals surface area contributed by atoms with Crippen LogP contribution in [0, 0.1) is 20.8 Å². The minimum atomic E-state index is 0.0603. The molecular weight excluding hydrogens is 427 g/mol. The van der Waals surface area contributed by atoms with Gasteiger partial charge in [-0.2, -0.15) is 0 Å². The molecule has 0 aromatic heterocycles. The Morgan fingerprint density at radius 3 is 1.96 bits per heavy atom. The van der Waals surface area contributed by atoms with Crippen LogP contribution < -0.4 is 9.36 Å². The van der Waals surface area contributed by atoms with Crippen LogP contribution in [0.2, 0.25) is 0 Å². The van der Waals surface area contributed by atoms with Crippen molar-refractivity contribution in [3.8, 4) is 0 Å². The molecule has 0 bridgehead atoms. The van der Waals surface area contributed by atoms with Gasteiger partial charge >= 0.3 is 180 Å². The monoisotopic (exact) mass is 452 g/mol. The van der Waals surface area contributed by atoms with Crippen LogP contribution >= 0.6 is 12.2 Å². The quantitative estimate of drug-likeness (QED) is 0.322. The molecular formula is C24H24N2SSe. The summed E-state index contributed by atoms with van der Waals surface area (Å²) in [5, 5.41) is 0.578. The van der Waals surface area contributed by atoms with Crippen molar-refractivity contribution < 1.29 is 0 Å². The van der Waals surface area contributed by atoms with Crippen molar-refractivity contribution in [1.82, 2.24) is 0 Å². The van der Waals surface area contributed by atoms with Gasteiger partial charge in [-0.15, -0.1) is 0 Å². The number of rotatable bonds is 4. The SMILES string of the molecule is Cc1cc(C)c([Se]/C(=N/C(=S)N(C)c2ccccc2)c2ccccc2)c(C)c1. The molecule has 0 amide bonds. The Hall–Kier alpha value is -2.26. The molecule has 28 heavy (non-hydrogen) atoms. The second-order valence-corrected chi connectivity index (χ2v) is 9.25. The molecule has 0 aliphatic carbocycles. The van der Waals surface area contributed by atoms with Gasteiger partial charge in [-0.3, -0.25) is 0 Å². The molecule has 0 aliphatic rings. The Labute approximate surface area is 179 Å². The number of anilines is 1. The first kappa shape index (κ1) is 20.5. The third-order valence-corrected chi connectivity index (χ3v) is 7.69. The number of para-hydroxylation sites is 1. The molecule has 142 valence electrons. The molecule has 0 saturated heterocycles. The zero-order valence-corrected chi connectivity index (χ0v) is 19.2. The van der Waals surface area contributed by atoms with E-state index in [-0.39, 0.29) is 15.0 Å². The number of hydrogen-bond donors (Lipinski definition) is 0. The minimum absolute atomic E-state index is 0.0603. The van der Waals surface area contributed by atoms with Gasteiger partial charge in [0.05, 0.1) is 0 Å². The molecule has 2 nitrogen and oxygen atoms in total. The molecule has 0 N–H and O–H groups in total. The third kappa shape index (κ3) is 4.96. The molecule has 3 aromatic carbocycles. The van der Waals surface area contributed by atoms with E-state index < -0.39 is 0 Å². The molecule has 3 aromatic rings. The molecule has 0 atom stereocenters. The van der Waals surface area contributed by atoms with Crippen molar-refractivity contribution in [2.45, 2.75) is 20.8 Å². The standard InChI is InChI=1S/C24H24N2SSe/c1-17-15-18(2)22(19(3)16-17)28-23(20-11-7-5-8-12-20)25-24(27)26(4)21-13-9-6-10-14-21/h5-16H,1-4H3/b25-23+. The Bertz CT molecular complexity index is 975. The van der Waals surface area contributed by atoms with Crippen LogP contribution in [0.3, 0.4) is 0 Å². The van der Waals surface area contributed by atoms with Gasteiger partial charge in [0, 0.05) is 0 Å². The summed E-state index contributed by atoms with van der Waals surface area (Å²) in [6, 6.07) is 25.0. The van der Waals surface area contributed by atoms with Crippen molar-refractivity contribution in [2.24, 2.45) is 4.99 Å². The van der Waals surface area contributed by atoms with Crippen molar-refractivity contribution in [3.63, 3.8) is 0 Å². The number of hydrogen-bond acceptors (Lipinski definition) is 1. The van der Waals surface area contributed by atoms with Crippen LogP contribution in [-0.4, -0.2) is 31.7 Å². The maximum atomic E-state index is 5.69. The number of nitrogens with zero attached hydrogens (tertiary/aromatic N) is 2. The molecule has 0 heterocycles. The topological polar surface area (TPSA) is 15.6 Å². The normalized spacial score (nSPS) is 11.4. The molecule has 0 radical (unpaired) electrons. The van der Waals surface area contributed by atoms with E-state index in [1.807, 2.05) is 48.3 Å². The second kappa shape index (κ2) is 9.29. The van der Waals surface area contributed by atoms with Crippen LogP contribution in [0.4, 0.5) is 5.69 Å². The zero-order chi connectivity index (χ0) is 20.1. The van der Waals surface area contributed by atoms with Gasteiger partial charge in [0.1, 0.15) is 0 Å². The number of aryl methyl sites for hydroxylation is 3. The van der Waals surface area contributed by atoms with E-state index in [4.69, 9.17) is 17.2 Å². The van der Waals surface area contributed by atoms with Crippen molar-refractivity contribution >= 4 is 47.0 Å². The fourth-order valence-electron chi connectivity index (χ4n) is 3.08. The Kier molecular flexibility index (Phi) is 6.79. The van der Waals surface area contributed by atoms with E-state index in [2.05, 4.69) is 57.2 Å². The van der Waals surface area contributed by atoms with Gasteiger partial charge in [0.15, 0.2) is 0 Å². The molecule has 0 unspecified atom stereocenters. The van der Waals surface area contributed by atoms with E-state index in [0.717, 1.165) is 15.9 Å². The molecule has 0 fully saturated rings. The van der Waals surface area contributed by atoms with Crippen LogP contribution in [0.5, 0.6) is 0 Å². The van der Waals surface area contributed by atoms with E-state index in [0.29, 0.717) is 5.11 Å². The van der Waals surface area contributed by atoms with Gasteiger partial charge in [-0.05, 0) is 0 Å².